The molecular formula is C12H9F2N5S. The van der Waals surface area contributed by atoms with Crippen LogP contribution in [0.5, 0.6) is 0 Å². The molecule has 102 valence electrons. The van der Waals surface area contributed by atoms with Crippen molar-refractivity contribution in [3.8, 4) is 11.3 Å². The van der Waals surface area contributed by atoms with Gasteiger partial charge in [0.1, 0.15) is 0 Å². The molecule has 0 aliphatic heterocycles. The lowest BCUT2D eigenvalue weighted by atomic mass is 10.1. The molecule has 3 N–H and O–H groups in total. The monoisotopic (exact) mass is 293 g/mol. The lowest BCUT2D eigenvalue weighted by Gasteiger charge is -2.05. The van der Waals surface area contributed by atoms with Crippen molar-refractivity contribution in [2.24, 2.45) is 0 Å². The number of nitrogens with two attached hydrogens (primary N) is 1. The average molecular weight is 293 g/mol. The van der Waals surface area contributed by atoms with Gasteiger partial charge in [-0.05, 0) is 12.1 Å². The summed E-state index contributed by atoms with van der Waals surface area (Å²) in [7, 11) is 0. The Labute approximate surface area is 116 Å². The van der Waals surface area contributed by atoms with Crippen LogP contribution in [0.2, 0.25) is 0 Å². The topological polar surface area (TPSA) is 80.5 Å². The number of aromatic amines is 1. The highest BCUT2D eigenvalue weighted by molar-refractivity contribution is 7.99. The number of thioether (sulfide) groups is 1. The maximum atomic E-state index is 12.3. The molecule has 0 saturated heterocycles. The standard InChI is InChI=1S/C12H9F2N5S/c13-11(14)20-7-3-1-6(2-4-7)9-8-5-16-19-10(8)18-12(15)17-9/h1-5,11H,(H3,15,16,17,18,19). The van der Waals surface area contributed by atoms with E-state index in [0.717, 1.165) is 10.9 Å². The number of fused-ring (bicyclic) bond motifs is 1. The Morgan fingerprint density at radius 1 is 1.15 bits per heavy atom. The van der Waals surface area contributed by atoms with E-state index in [4.69, 9.17) is 5.73 Å². The molecule has 0 radical (unpaired) electrons. The number of halogens is 2. The molecule has 5 nitrogen and oxygen atoms in total. The summed E-state index contributed by atoms with van der Waals surface area (Å²) in [5.74, 6) is -2.31. The first-order valence-corrected chi connectivity index (χ1v) is 6.53. The maximum absolute atomic E-state index is 12.3. The zero-order valence-electron chi connectivity index (χ0n) is 10.0. The number of hydrogen-bond donors (Lipinski definition) is 2. The Kier molecular flexibility index (Phi) is 3.23. The van der Waals surface area contributed by atoms with E-state index in [-0.39, 0.29) is 5.95 Å². The molecule has 2 heterocycles. The average Bonchev–Trinajstić information content (AvgIpc) is 2.86. The van der Waals surface area contributed by atoms with E-state index in [0.29, 0.717) is 28.0 Å². The second-order valence-electron chi connectivity index (χ2n) is 3.97. The van der Waals surface area contributed by atoms with Crippen LogP contribution < -0.4 is 5.73 Å². The van der Waals surface area contributed by atoms with Crippen molar-refractivity contribution in [1.82, 2.24) is 20.2 Å². The van der Waals surface area contributed by atoms with Gasteiger partial charge in [0.05, 0.1) is 17.3 Å². The highest BCUT2D eigenvalue weighted by Crippen LogP contribution is 2.30. The summed E-state index contributed by atoms with van der Waals surface area (Å²) < 4.78 is 24.6. The van der Waals surface area contributed by atoms with Crippen LogP contribution >= 0.6 is 11.8 Å². The van der Waals surface area contributed by atoms with Crippen molar-refractivity contribution < 1.29 is 8.78 Å². The summed E-state index contributed by atoms with van der Waals surface area (Å²) in [6.45, 7) is 0. The van der Waals surface area contributed by atoms with Crippen LogP contribution in [0.4, 0.5) is 14.7 Å². The Morgan fingerprint density at radius 2 is 1.90 bits per heavy atom. The number of nitrogen functional groups attached to an aromatic ring is 1. The minimum absolute atomic E-state index is 0.128. The van der Waals surface area contributed by atoms with Crippen LogP contribution in [0, 0.1) is 0 Å². The first-order valence-electron chi connectivity index (χ1n) is 5.65. The predicted molar refractivity (Wildman–Crippen MR) is 73.4 cm³/mol. The van der Waals surface area contributed by atoms with Crippen molar-refractivity contribution >= 4 is 28.7 Å². The molecule has 1 aromatic carbocycles. The summed E-state index contributed by atoms with van der Waals surface area (Å²) in [6.07, 6.45) is 1.60. The Hall–Kier alpha value is -2.22. The molecule has 2 aromatic heterocycles. The number of anilines is 1. The third kappa shape index (κ3) is 2.42. The van der Waals surface area contributed by atoms with Crippen molar-refractivity contribution in [3.05, 3.63) is 30.5 Å². The van der Waals surface area contributed by atoms with Gasteiger partial charge in [-0.15, -0.1) is 0 Å². The van der Waals surface area contributed by atoms with E-state index in [9.17, 15) is 8.78 Å². The molecule has 0 spiro atoms. The van der Waals surface area contributed by atoms with Gasteiger partial charge in [0, 0.05) is 10.5 Å². The number of hydrogen-bond acceptors (Lipinski definition) is 5. The summed E-state index contributed by atoms with van der Waals surface area (Å²) in [5, 5.41) is 7.35. The van der Waals surface area contributed by atoms with Crippen LogP contribution in [0.25, 0.3) is 22.3 Å². The van der Waals surface area contributed by atoms with Gasteiger partial charge in [0.25, 0.3) is 5.76 Å². The van der Waals surface area contributed by atoms with E-state index < -0.39 is 5.76 Å². The Balaban J connectivity index is 2.04. The number of nitrogens with zero attached hydrogens (tertiary/aromatic N) is 3. The number of H-pyrrole nitrogens is 1. The molecule has 3 rings (SSSR count). The molecule has 0 aliphatic carbocycles. The van der Waals surface area contributed by atoms with E-state index in [1.807, 2.05) is 0 Å². The SMILES string of the molecule is Nc1nc(-c2ccc(SC(F)F)cc2)c2cn[nH]c2n1. The number of rotatable bonds is 3. The fraction of sp³-hybridized carbons (Fsp3) is 0.0833. The molecule has 0 atom stereocenters. The van der Waals surface area contributed by atoms with E-state index >= 15 is 0 Å². The first-order chi connectivity index (χ1) is 9.63. The summed E-state index contributed by atoms with van der Waals surface area (Å²) in [4.78, 5) is 8.70. The fourth-order valence-corrected chi connectivity index (χ4v) is 2.37. The van der Waals surface area contributed by atoms with Crippen molar-refractivity contribution in [1.29, 1.82) is 0 Å². The number of nitrogens with one attached hydrogen (secondary N) is 1. The van der Waals surface area contributed by atoms with E-state index in [1.165, 1.54) is 0 Å². The molecule has 0 amide bonds. The number of aromatic nitrogens is 4. The Bertz CT molecular complexity index is 741. The third-order valence-corrected chi connectivity index (χ3v) is 3.40. The lowest BCUT2D eigenvalue weighted by molar-refractivity contribution is 0.252. The maximum Gasteiger partial charge on any atom is 0.288 e. The lowest BCUT2D eigenvalue weighted by Crippen LogP contribution is -1.97. The van der Waals surface area contributed by atoms with Gasteiger partial charge in [0.15, 0.2) is 5.65 Å². The summed E-state index contributed by atoms with van der Waals surface area (Å²) >= 11 is 0.501. The van der Waals surface area contributed by atoms with Gasteiger partial charge >= 0.3 is 0 Å². The number of alkyl halides is 2. The van der Waals surface area contributed by atoms with Crippen LogP contribution in [0.15, 0.2) is 35.4 Å². The molecule has 0 aliphatic rings. The van der Waals surface area contributed by atoms with Gasteiger partial charge in [-0.3, -0.25) is 5.10 Å². The zero-order valence-corrected chi connectivity index (χ0v) is 10.9. The van der Waals surface area contributed by atoms with Gasteiger partial charge in [0.2, 0.25) is 5.95 Å². The van der Waals surface area contributed by atoms with Crippen LogP contribution in [-0.2, 0) is 0 Å². The molecule has 0 unspecified atom stereocenters. The zero-order chi connectivity index (χ0) is 14.1. The highest BCUT2D eigenvalue weighted by atomic mass is 32.2. The van der Waals surface area contributed by atoms with Crippen LogP contribution in [0.3, 0.4) is 0 Å². The van der Waals surface area contributed by atoms with Crippen LogP contribution in [0.1, 0.15) is 0 Å². The minimum Gasteiger partial charge on any atom is -0.368 e. The van der Waals surface area contributed by atoms with E-state index in [2.05, 4.69) is 20.2 Å². The first kappa shape index (κ1) is 12.8. The second kappa shape index (κ2) is 5.04. The van der Waals surface area contributed by atoms with Crippen molar-refractivity contribution in [2.45, 2.75) is 10.7 Å². The molecule has 3 aromatic rings. The summed E-state index contributed by atoms with van der Waals surface area (Å²) in [6, 6.07) is 6.69. The molecule has 0 fully saturated rings. The predicted octanol–water partition coefficient (Wildman–Crippen LogP) is 2.92. The van der Waals surface area contributed by atoms with Gasteiger partial charge in [-0.2, -0.15) is 18.9 Å². The highest BCUT2D eigenvalue weighted by Gasteiger charge is 2.11. The van der Waals surface area contributed by atoms with E-state index in [1.54, 1.807) is 30.5 Å². The normalized spacial score (nSPS) is 11.3. The molecule has 8 heteroatoms. The molecule has 0 saturated carbocycles. The van der Waals surface area contributed by atoms with Gasteiger partial charge in [-0.25, -0.2) is 4.98 Å². The fourth-order valence-electron chi connectivity index (χ4n) is 1.87. The molecule has 20 heavy (non-hydrogen) atoms. The van der Waals surface area contributed by atoms with Crippen molar-refractivity contribution in [3.63, 3.8) is 0 Å². The summed E-state index contributed by atoms with van der Waals surface area (Å²) in [5.41, 5.74) is 7.57. The Morgan fingerprint density at radius 3 is 2.60 bits per heavy atom. The van der Waals surface area contributed by atoms with Gasteiger partial charge < -0.3 is 5.73 Å². The molecular weight excluding hydrogens is 284 g/mol. The van der Waals surface area contributed by atoms with Gasteiger partial charge in [-0.1, -0.05) is 23.9 Å². The van der Waals surface area contributed by atoms with Crippen LogP contribution in [-0.4, -0.2) is 25.9 Å². The second-order valence-corrected chi connectivity index (χ2v) is 5.03. The molecule has 0 bridgehead atoms. The minimum atomic E-state index is -2.43. The largest absolute Gasteiger partial charge is 0.368 e. The third-order valence-electron chi connectivity index (χ3n) is 2.68. The van der Waals surface area contributed by atoms with Crippen molar-refractivity contribution in [2.75, 3.05) is 5.73 Å². The smallest absolute Gasteiger partial charge is 0.288 e. The number of benzene rings is 1. The quantitative estimate of drug-likeness (QED) is 0.726.